The first kappa shape index (κ1) is 18.1. The predicted octanol–water partition coefficient (Wildman–Crippen LogP) is 3.75. The molecular formula is C22H20N2O4S. The number of nitrogens with zero attached hydrogens (tertiary/aromatic N) is 2. The Bertz CT molecular complexity index is 1370. The molecule has 3 aromatic heterocycles. The molecule has 1 aromatic carbocycles. The summed E-state index contributed by atoms with van der Waals surface area (Å²) < 4.78 is 12.1. The third-order valence-electron chi connectivity index (χ3n) is 5.66. The van der Waals surface area contributed by atoms with Crippen molar-refractivity contribution in [3.8, 4) is 5.75 Å². The van der Waals surface area contributed by atoms with E-state index in [0.717, 1.165) is 46.0 Å². The van der Waals surface area contributed by atoms with Gasteiger partial charge in [-0.1, -0.05) is 6.92 Å². The summed E-state index contributed by atoms with van der Waals surface area (Å²) in [4.78, 5) is 32.0. The summed E-state index contributed by atoms with van der Waals surface area (Å²) in [7, 11) is 1.56. The van der Waals surface area contributed by atoms with Gasteiger partial charge >= 0.3 is 5.63 Å². The van der Waals surface area contributed by atoms with Gasteiger partial charge in [0.2, 0.25) is 0 Å². The van der Waals surface area contributed by atoms with Crippen LogP contribution in [0.3, 0.4) is 0 Å². The standard InChI is InChI=1S/C22H20N2O4S/c1-12-3-5-16-18(7-12)29-21-20(16)22(26)24(11-23-21)10-13-8-19(25)28-17-9-14(27-2)4-6-15(13)17/h4,6,8-9,11-12H,3,5,7,10H2,1-2H3/t12-/m0/s1. The monoisotopic (exact) mass is 408 g/mol. The second-order valence-corrected chi connectivity index (χ2v) is 8.75. The molecule has 0 spiro atoms. The maximum atomic E-state index is 13.3. The summed E-state index contributed by atoms with van der Waals surface area (Å²) in [6.07, 6.45) is 4.62. The Balaban J connectivity index is 1.63. The third-order valence-corrected chi connectivity index (χ3v) is 6.82. The van der Waals surface area contributed by atoms with E-state index in [-0.39, 0.29) is 12.1 Å². The van der Waals surface area contributed by atoms with Gasteiger partial charge in [-0.2, -0.15) is 0 Å². The normalized spacial score (nSPS) is 16.3. The number of methoxy groups -OCH3 is 1. The van der Waals surface area contributed by atoms with Crippen molar-refractivity contribution in [1.29, 1.82) is 0 Å². The number of aryl methyl sites for hydroxylation is 1. The molecular weight excluding hydrogens is 388 g/mol. The number of fused-ring (bicyclic) bond motifs is 4. The van der Waals surface area contributed by atoms with Gasteiger partial charge in [0.25, 0.3) is 5.56 Å². The van der Waals surface area contributed by atoms with Crippen LogP contribution in [0.15, 0.2) is 44.6 Å². The molecule has 0 amide bonds. The topological polar surface area (TPSA) is 74.3 Å². The van der Waals surface area contributed by atoms with E-state index in [2.05, 4.69) is 11.9 Å². The van der Waals surface area contributed by atoms with Gasteiger partial charge in [0, 0.05) is 22.4 Å². The van der Waals surface area contributed by atoms with E-state index >= 15 is 0 Å². The fourth-order valence-electron chi connectivity index (χ4n) is 4.13. The molecule has 0 fully saturated rings. The Morgan fingerprint density at radius 2 is 2.17 bits per heavy atom. The zero-order valence-corrected chi connectivity index (χ0v) is 17.0. The Kier molecular flexibility index (Phi) is 4.28. The summed E-state index contributed by atoms with van der Waals surface area (Å²) in [5.74, 6) is 1.25. The SMILES string of the molecule is COc1ccc2c(Cn3cnc4sc5c(c4c3=O)CC[C@H](C)C5)cc(=O)oc2c1. The lowest BCUT2D eigenvalue weighted by molar-refractivity contribution is 0.414. The maximum absolute atomic E-state index is 13.3. The Hall–Kier alpha value is -2.93. The minimum Gasteiger partial charge on any atom is -0.497 e. The average molecular weight is 408 g/mol. The van der Waals surface area contributed by atoms with Crippen LogP contribution in [-0.4, -0.2) is 16.7 Å². The molecule has 4 aromatic rings. The highest BCUT2D eigenvalue weighted by Gasteiger charge is 2.23. The van der Waals surface area contributed by atoms with Crippen LogP contribution in [0.4, 0.5) is 0 Å². The van der Waals surface area contributed by atoms with Crippen LogP contribution < -0.4 is 15.9 Å². The Morgan fingerprint density at radius 3 is 3.00 bits per heavy atom. The maximum Gasteiger partial charge on any atom is 0.336 e. The van der Waals surface area contributed by atoms with E-state index in [1.165, 1.54) is 10.9 Å². The number of ether oxygens (including phenoxy) is 1. The molecule has 1 aliphatic rings. The van der Waals surface area contributed by atoms with Crippen LogP contribution in [0, 0.1) is 5.92 Å². The van der Waals surface area contributed by atoms with Crippen LogP contribution in [0.5, 0.6) is 5.75 Å². The van der Waals surface area contributed by atoms with E-state index in [0.29, 0.717) is 17.3 Å². The summed E-state index contributed by atoms with van der Waals surface area (Å²) in [5, 5.41) is 1.52. The molecule has 3 heterocycles. The molecule has 0 radical (unpaired) electrons. The fraction of sp³-hybridized carbons (Fsp3) is 0.318. The predicted molar refractivity (Wildman–Crippen MR) is 113 cm³/mol. The minimum absolute atomic E-state index is 0.0445. The first-order valence-corrected chi connectivity index (χ1v) is 10.5. The third kappa shape index (κ3) is 3.06. The van der Waals surface area contributed by atoms with E-state index < -0.39 is 5.63 Å². The Labute approximate surface area is 170 Å². The van der Waals surface area contributed by atoms with Gasteiger partial charge in [-0.05, 0) is 48.4 Å². The van der Waals surface area contributed by atoms with E-state index in [4.69, 9.17) is 9.15 Å². The molecule has 29 heavy (non-hydrogen) atoms. The van der Waals surface area contributed by atoms with Gasteiger partial charge in [-0.15, -0.1) is 11.3 Å². The van der Waals surface area contributed by atoms with Crippen molar-refractivity contribution in [2.24, 2.45) is 5.92 Å². The molecule has 6 nitrogen and oxygen atoms in total. The van der Waals surface area contributed by atoms with Gasteiger partial charge in [0.15, 0.2) is 0 Å². The molecule has 1 aliphatic carbocycles. The fourth-order valence-corrected chi connectivity index (χ4v) is 5.47. The van der Waals surface area contributed by atoms with E-state index in [1.54, 1.807) is 35.4 Å². The second-order valence-electron chi connectivity index (χ2n) is 7.66. The van der Waals surface area contributed by atoms with Crippen molar-refractivity contribution < 1.29 is 9.15 Å². The van der Waals surface area contributed by atoms with E-state index in [1.807, 2.05) is 12.1 Å². The smallest absolute Gasteiger partial charge is 0.336 e. The molecule has 1 atom stereocenters. The van der Waals surface area contributed by atoms with E-state index in [9.17, 15) is 9.59 Å². The van der Waals surface area contributed by atoms with Crippen molar-refractivity contribution in [1.82, 2.24) is 9.55 Å². The molecule has 0 aliphatic heterocycles. The van der Waals surface area contributed by atoms with Gasteiger partial charge in [0.1, 0.15) is 16.2 Å². The zero-order chi connectivity index (χ0) is 20.1. The molecule has 5 rings (SSSR count). The lowest BCUT2D eigenvalue weighted by atomic mass is 9.89. The van der Waals surface area contributed by atoms with Crippen LogP contribution in [0.2, 0.25) is 0 Å². The molecule has 0 saturated heterocycles. The summed E-state index contributed by atoms with van der Waals surface area (Å²) in [5.41, 5.74) is 1.83. The first-order valence-electron chi connectivity index (χ1n) is 9.64. The molecule has 0 unspecified atom stereocenters. The number of rotatable bonds is 3. The number of thiophene rings is 1. The molecule has 0 saturated carbocycles. The number of hydrogen-bond donors (Lipinski definition) is 0. The summed E-state index contributed by atoms with van der Waals surface area (Å²) in [6, 6.07) is 6.78. The van der Waals surface area contributed by atoms with Gasteiger partial charge in [-0.3, -0.25) is 9.36 Å². The van der Waals surface area contributed by atoms with Crippen LogP contribution in [0.1, 0.15) is 29.3 Å². The number of hydrogen-bond acceptors (Lipinski definition) is 6. The van der Waals surface area contributed by atoms with Gasteiger partial charge in [0.05, 0.1) is 25.4 Å². The highest BCUT2D eigenvalue weighted by Crippen LogP contribution is 2.35. The quantitative estimate of drug-likeness (QED) is 0.483. The highest BCUT2D eigenvalue weighted by molar-refractivity contribution is 7.18. The van der Waals surface area contributed by atoms with Crippen LogP contribution >= 0.6 is 11.3 Å². The first-order chi connectivity index (χ1) is 14.0. The summed E-state index contributed by atoms with van der Waals surface area (Å²) in [6.45, 7) is 2.51. The zero-order valence-electron chi connectivity index (χ0n) is 16.2. The number of aromatic nitrogens is 2. The molecule has 148 valence electrons. The van der Waals surface area contributed by atoms with Crippen molar-refractivity contribution in [3.63, 3.8) is 0 Å². The van der Waals surface area contributed by atoms with Crippen molar-refractivity contribution in [2.45, 2.75) is 32.7 Å². The lowest BCUT2D eigenvalue weighted by Crippen LogP contribution is -2.22. The lowest BCUT2D eigenvalue weighted by Gasteiger charge is -2.17. The summed E-state index contributed by atoms with van der Waals surface area (Å²) >= 11 is 1.64. The van der Waals surface area contributed by atoms with Crippen LogP contribution in [-0.2, 0) is 19.4 Å². The molecule has 0 bridgehead atoms. The number of benzene rings is 1. The average Bonchev–Trinajstić information content (AvgIpc) is 3.07. The van der Waals surface area contributed by atoms with Gasteiger partial charge < -0.3 is 9.15 Å². The molecule has 0 N–H and O–H groups in total. The molecule has 7 heteroatoms. The van der Waals surface area contributed by atoms with Crippen molar-refractivity contribution in [3.05, 3.63) is 67.4 Å². The second kappa shape index (κ2) is 6.84. The highest BCUT2D eigenvalue weighted by atomic mass is 32.1. The minimum atomic E-state index is -0.454. The Morgan fingerprint density at radius 1 is 1.31 bits per heavy atom. The van der Waals surface area contributed by atoms with Crippen molar-refractivity contribution >= 4 is 32.5 Å². The van der Waals surface area contributed by atoms with Gasteiger partial charge in [-0.25, -0.2) is 9.78 Å². The largest absolute Gasteiger partial charge is 0.497 e. The van der Waals surface area contributed by atoms with Crippen LogP contribution in [0.25, 0.3) is 21.2 Å². The van der Waals surface area contributed by atoms with Crippen molar-refractivity contribution in [2.75, 3.05) is 7.11 Å².